The molecule has 0 saturated heterocycles. The first-order chi connectivity index (χ1) is 6.54. The third-order valence-electron chi connectivity index (χ3n) is 2.23. The van der Waals surface area contributed by atoms with Crippen molar-refractivity contribution in [3.8, 4) is 0 Å². The van der Waals surface area contributed by atoms with Crippen molar-refractivity contribution in [1.82, 2.24) is 14.1 Å². The van der Waals surface area contributed by atoms with Gasteiger partial charge in [0.25, 0.3) is 5.56 Å². The maximum absolute atomic E-state index is 11.6. The first-order valence-corrected chi connectivity index (χ1v) is 4.76. The molecule has 0 amide bonds. The van der Waals surface area contributed by atoms with E-state index in [0.717, 1.165) is 4.57 Å². The molecule has 0 aliphatic rings. The Morgan fingerprint density at radius 2 is 1.93 bits per heavy atom. The monoisotopic (exact) mass is 257 g/mol. The summed E-state index contributed by atoms with van der Waals surface area (Å²) in [7, 11) is 3.08. The summed E-state index contributed by atoms with van der Waals surface area (Å²) in [5.41, 5.74) is 0.385. The topological polar surface area (TPSA) is 59.8 Å². The van der Waals surface area contributed by atoms with Crippen LogP contribution in [0.1, 0.15) is 0 Å². The number of aryl methyl sites for hydroxylation is 1. The van der Waals surface area contributed by atoms with Gasteiger partial charge in [0.05, 0.1) is 9.99 Å². The van der Waals surface area contributed by atoms with E-state index in [1.807, 2.05) is 0 Å². The Bertz CT molecular complexity index is 620. The minimum Gasteiger partial charge on any atom is -0.354 e. The molecule has 0 aliphatic carbocycles. The Balaban J connectivity index is 3.22. The highest BCUT2D eigenvalue weighted by Gasteiger charge is 2.11. The number of rotatable bonds is 0. The van der Waals surface area contributed by atoms with Crippen LogP contribution in [0.3, 0.4) is 0 Å². The average Bonchev–Trinajstić information content (AvgIpc) is 2.54. The molecule has 0 bridgehead atoms. The lowest BCUT2D eigenvalue weighted by atomic mass is 10.4. The van der Waals surface area contributed by atoms with Crippen molar-refractivity contribution in [3.05, 3.63) is 31.5 Å². The lowest BCUT2D eigenvalue weighted by molar-refractivity contribution is 0.712. The van der Waals surface area contributed by atoms with Crippen LogP contribution in [0.25, 0.3) is 11.0 Å². The number of aromatic nitrogens is 3. The predicted molar refractivity (Wildman–Crippen MR) is 56.5 cm³/mol. The molecular weight excluding hydrogens is 250 g/mol. The minimum atomic E-state index is -0.331. The molecule has 0 radical (unpaired) electrons. The van der Waals surface area contributed by atoms with Crippen LogP contribution >= 0.6 is 15.9 Å². The smallest absolute Gasteiger partial charge is 0.331 e. The molecular formula is C8H8BrN3O2. The van der Waals surface area contributed by atoms with Crippen molar-refractivity contribution in [3.63, 3.8) is 0 Å². The largest absolute Gasteiger partial charge is 0.354 e. The molecule has 0 aliphatic heterocycles. The number of hydrogen-bond acceptors (Lipinski definition) is 2. The summed E-state index contributed by atoms with van der Waals surface area (Å²) in [6.07, 6.45) is 1.64. The van der Waals surface area contributed by atoms with Crippen LogP contribution in [0.2, 0.25) is 0 Å². The van der Waals surface area contributed by atoms with Crippen LogP contribution in [0.4, 0.5) is 0 Å². The summed E-state index contributed by atoms with van der Waals surface area (Å²) in [5.74, 6) is 0. The maximum Gasteiger partial charge on any atom is 0.331 e. The average molecular weight is 258 g/mol. The number of nitrogens with zero attached hydrogens (tertiary/aromatic N) is 2. The number of halogens is 1. The Morgan fingerprint density at radius 3 is 2.57 bits per heavy atom. The van der Waals surface area contributed by atoms with Crippen LogP contribution in [0.15, 0.2) is 20.3 Å². The summed E-state index contributed by atoms with van der Waals surface area (Å²) in [6, 6.07) is 0. The highest BCUT2D eigenvalue weighted by molar-refractivity contribution is 9.10. The summed E-state index contributed by atoms with van der Waals surface area (Å²) >= 11 is 3.27. The van der Waals surface area contributed by atoms with Crippen LogP contribution in [0.5, 0.6) is 0 Å². The van der Waals surface area contributed by atoms with Crippen molar-refractivity contribution in [2.75, 3.05) is 0 Å². The molecule has 5 nitrogen and oxygen atoms in total. The summed E-state index contributed by atoms with van der Waals surface area (Å²) in [5, 5.41) is 0. The second-order valence-corrected chi connectivity index (χ2v) is 3.92. The lowest BCUT2D eigenvalue weighted by Gasteiger charge is -2.03. The molecule has 0 unspecified atom stereocenters. The van der Waals surface area contributed by atoms with Crippen molar-refractivity contribution in [1.29, 1.82) is 0 Å². The molecule has 2 aromatic rings. The maximum atomic E-state index is 11.6. The molecule has 1 N–H and O–H groups in total. The van der Waals surface area contributed by atoms with Crippen molar-refractivity contribution in [2.24, 2.45) is 14.1 Å². The van der Waals surface area contributed by atoms with Gasteiger partial charge in [-0.05, 0) is 15.9 Å². The lowest BCUT2D eigenvalue weighted by Crippen LogP contribution is -2.36. The molecule has 0 fully saturated rings. The summed E-state index contributed by atoms with van der Waals surface area (Å²) in [6.45, 7) is 0. The second-order valence-electron chi connectivity index (χ2n) is 3.07. The van der Waals surface area contributed by atoms with E-state index in [2.05, 4.69) is 20.9 Å². The van der Waals surface area contributed by atoms with E-state index < -0.39 is 0 Å². The fourth-order valence-corrected chi connectivity index (χ4v) is 2.04. The van der Waals surface area contributed by atoms with Gasteiger partial charge in [-0.1, -0.05) is 0 Å². The van der Waals surface area contributed by atoms with Crippen LogP contribution in [0, 0.1) is 0 Å². The molecule has 74 valence electrons. The van der Waals surface area contributed by atoms with Crippen molar-refractivity contribution < 1.29 is 0 Å². The van der Waals surface area contributed by atoms with Crippen LogP contribution < -0.4 is 11.2 Å². The Hall–Kier alpha value is -1.30. The van der Waals surface area contributed by atoms with Gasteiger partial charge in [-0.25, -0.2) is 4.79 Å². The van der Waals surface area contributed by atoms with Gasteiger partial charge in [-0.3, -0.25) is 13.9 Å². The first kappa shape index (κ1) is 9.26. The fraction of sp³-hybridized carbons (Fsp3) is 0.250. The molecule has 0 spiro atoms. The highest BCUT2D eigenvalue weighted by atomic mass is 79.9. The summed E-state index contributed by atoms with van der Waals surface area (Å²) in [4.78, 5) is 26.0. The van der Waals surface area contributed by atoms with E-state index in [-0.39, 0.29) is 11.2 Å². The van der Waals surface area contributed by atoms with Gasteiger partial charge in [-0.2, -0.15) is 0 Å². The van der Waals surface area contributed by atoms with Gasteiger partial charge in [0, 0.05) is 20.3 Å². The quantitative estimate of drug-likeness (QED) is 0.740. The number of aromatic amines is 1. The molecule has 0 saturated carbocycles. The van der Waals surface area contributed by atoms with Gasteiger partial charge in [0.1, 0.15) is 5.52 Å². The van der Waals surface area contributed by atoms with Gasteiger partial charge >= 0.3 is 5.69 Å². The zero-order chi connectivity index (χ0) is 10.5. The van der Waals surface area contributed by atoms with Gasteiger partial charge in [-0.15, -0.1) is 0 Å². The normalized spacial score (nSPS) is 11.1. The van der Waals surface area contributed by atoms with Crippen LogP contribution in [-0.2, 0) is 14.1 Å². The zero-order valence-corrected chi connectivity index (χ0v) is 9.25. The van der Waals surface area contributed by atoms with E-state index in [0.29, 0.717) is 15.5 Å². The highest BCUT2D eigenvalue weighted by Crippen LogP contribution is 2.18. The molecule has 6 heteroatoms. The van der Waals surface area contributed by atoms with E-state index in [1.165, 1.54) is 11.6 Å². The minimum absolute atomic E-state index is 0.311. The Labute approximate surface area is 87.1 Å². The van der Waals surface area contributed by atoms with Gasteiger partial charge < -0.3 is 4.98 Å². The third-order valence-corrected chi connectivity index (χ3v) is 2.84. The van der Waals surface area contributed by atoms with Crippen LogP contribution in [-0.4, -0.2) is 14.1 Å². The van der Waals surface area contributed by atoms with E-state index in [9.17, 15) is 9.59 Å². The molecule has 0 atom stereocenters. The van der Waals surface area contributed by atoms with Gasteiger partial charge in [0.15, 0.2) is 0 Å². The predicted octanol–water partition coefficient (Wildman–Crippen LogP) is 0.328. The molecule has 2 aromatic heterocycles. The first-order valence-electron chi connectivity index (χ1n) is 3.96. The van der Waals surface area contributed by atoms with Gasteiger partial charge in [0.2, 0.25) is 0 Å². The Morgan fingerprint density at radius 1 is 1.29 bits per heavy atom. The zero-order valence-electron chi connectivity index (χ0n) is 7.67. The number of nitrogens with one attached hydrogen (secondary N) is 1. The molecule has 14 heavy (non-hydrogen) atoms. The molecule has 0 aromatic carbocycles. The van der Waals surface area contributed by atoms with E-state index in [1.54, 1.807) is 13.2 Å². The van der Waals surface area contributed by atoms with E-state index in [4.69, 9.17) is 0 Å². The Kier molecular flexibility index (Phi) is 1.88. The molecule has 2 heterocycles. The van der Waals surface area contributed by atoms with Crippen molar-refractivity contribution >= 4 is 27.0 Å². The number of hydrogen-bond donors (Lipinski definition) is 1. The second kappa shape index (κ2) is 2.84. The van der Waals surface area contributed by atoms with E-state index >= 15 is 0 Å². The summed E-state index contributed by atoms with van der Waals surface area (Å²) < 4.78 is 3.22. The SMILES string of the molecule is Cn1c(=O)c2[nH]cc(Br)c2n(C)c1=O. The number of H-pyrrole nitrogens is 1. The van der Waals surface area contributed by atoms with Crippen molar-refractivity contribution in [2.45, 2.75) is 0 Å². The fourth-order valence-electron chi connectivity index (χ4n) is 1.46. The molecule has 2 rings (SSSR count). The number of fused-ring (bicyclic) bond motifs is 1. The standard InChI is InChI=1S/C8H8BrN3O2/c1-11-6-4(9)3-10-5(6)7(13)12(2)8(11)14/h3,10H,1-2H3. The third kappa shape index (κ3) is 1.00.